The molecule has 2 aromatic rings. The summed E-state index contributed by atoms with van der Waals surface area (Å²) < 4.78 is 0. The molecule has 4 N–H and O–H groups in total. The summed E-state index contributed by atoms with van der Waals surface area (Å²) in [6.07, 6.45) is 3.60. The molecular formula is C14H20Cl2N4O. The lowest BCUT2D eigenvalue weighted by atomic mass is 9.98. The van der Waals surface area contributed by atoms with Crippen molar-refractivity contribution in [2.75, 3.05) is 5.32 Å². The quantitative estimate of drug-likeness (QED) is 0.791. The standard InChI is InChI=1S/C14H18N4O.2ClH/c1-9-16-11-5-4-10(8-12(11)17-9)18-13(19)14(15)6-2-3-7-14;;/h4-5,8H,2-3,6-7,15H2,1H3,(H,16,17)(H,18,19);2*1H. The van der Waals surface area contributed by atoms with Crippen molar-refractivity contribution >= 4 is 47.4 Å². The van der Waals surface area contributed by atoms with Gasteiger partial charge in [-0.25, -0.2) is 4.98 Å². The van der Waals surface area contributed by atoms with Gasteiger partial charge in [0.05, 0.1) is 16.6 Å². The largest absolute Gasteiger partial charge is 0.342 e. The van der Waals surface area contributed by atoms with Gasteiger partial charge in [-0.1, -0.05) is 12.8 Å². The summed E-state index contributed by atoms with van der Waals surface area (Å²) in [6.45, 7) is 1.91. The fourth-order valence-corrected chi connectivity index (χ4v) is 2.70. The Morgan fingerprint density at radius 2 is 2.00 bits per heavy atom. The third-order valence-corrected chi connectivity index (χ3v) is 3.81. The Labute approximate surface area is 135 Å². The second kappa shape index (κ2) is 6.64. The molecule has 1 aliphatic carbocycles. The minimum absolute atomic E-state index is 0. The molecule has 7 heteroatoms. The Hall–Kier alpha value is -1.30. The van der Waals surface area contributed by atoms with Crippen LogP contribution in [-0.2, 0) is 4.79 Å². The predicted molar refractivity (Wildman–Crippen MR) is 89.3 cm³/mol. The second-order valence-corrected chi connectivity index (χ2v) is 5.37. The fraction of sp³-hybridized carbons (Fsp3) is 0.429. The minimum Gasteiger partial charge on any atom is -0.342 e. The molecule has 0 bridgehead atoms. The molecular weight excluding hydrogens is 311 g/mol. The third-order valence-electron chi connectivity index (χ3n) is 3.81. The van der Waals surface area contributed by atoms with Crippen LogP contribution in [0.3, 0.4) is 0 Å². The van der Waals surface area contributed by atoms with Crippen LogP contribution in [0.1, 0.15) is 31.5 Å². The molecule has 1 saturated carbocycles. The predicted octanol–water partition coefficient (Wildman–Crippen LogP) is 2.92. The van der Waals surface area contributed by atoms with Gasteiger partial charge in [0.1, 0.15) is 5.82 Å². The Morgan fingerprint density at radius 3 is 2.67 bits per heavy atom. The van der Waals surface area contributed by atoms with E-state index in [-0.39, 0.29) is 30.7 Å². The zero-order valence-electron chi connectivity index (χ0n) is 11.8. The van der Waals surface area contributed by atoms with Crippen molar-refractivity contribution in [3.05, 3.63) is 24.0 Å². The Bertz CT molecular complexity index is 635. The van der Waals surface area contributed by atoms with Crippen LogP contribution in [0.15, 0.2) is 18.2 Å². The van der Waals surface area contributed by atoms with Crippen LogP contribution in [0.25, 0.3) is 11.0 Å². The first-order valence-electron chi connectivity index (χ1n) is 6.64. The number of nitrogens with two attached hydrogens (primary N) is 1. The lowest BCUT2D eigenvalue weighted by molar-refractivity contribution is -0.121. The maximum Gasteiger partial charge on any atom is 0.244 e. The van der Waals surface area contributed by atoms with Crippen LogP contribution in [0.2, 0.25) is 0 Å². The first kappa shape index (κ1) is 17.8. The molecule has 0 radical (unpaired) electrons. The van der Waals surface area contributed by atoms with Gasteiger partial charge in [0, 0.05) is 5.69 Å². The number of aromatic nitrogens is 2. The van der Waals surface area contributed by atoms with E-state index in [0.29, 0.717) is 0 Å². The zero-order chi connectivity index (χ0) is 13.5. The molecule has 1 heterocycles. The van der Waals surface area contributed by atoms with Crippen LogP contribution in [0, 0.1) is 6.92 Å². The number of aryl methyl sites for hydroxylation is 1. The van der Waals surface area contributed by atoms with Crippen molar-refractivity contribution in [2.45, 2.75) is 38.1 Å². The third kappa shape index (κ3) is 3.48. The Kier molecular flexibility index (Phi) is 5.61. The van der Waals surface area contributed by atoms with E-state index in [1.807, 2.05) is 25.1 Å². The van der Waals surface area contributed by atoms with E-state index < -0.39 is 5.54 Å². The van der Waals surface area contributed by atoms with E-state index in [9.17, 15) is 4.79 Å². The molecule has 1 fully saturated rings. The molecule has 21 heavy (non-hydrogen) atoms. The SMILES string of the molecule is Cc1nc2ccc(NC(=O)C3(N)CCCC3)cc2[nH]1.Cl.Cl. The molecule has 116 valence electrons. The highest BCUT2D eigenvalue weighted by Crippen LogP contribution is 2.28. The number of amides is 1. The van der Waals surface area contributed by atoms with Crippen LogP contribution in [-0.4, -0.2) is 21.4 Å². The zero-order valence-corrected chi connectivity index (χ0v) is 13.4. The van der Waals surface area contributed by atoms with Crippen LogP contribution in [0.5, 0.6) is 0 Å². The number of anilines is 1. The van der Waals surface area contributed by atoms with Gasteiger partial charge in [-0.15, -0.1) is 24.8 Å². The number of nitrogens with one attached hydrogen (secondary N) is 2. The average molecular weight is 331 g/mol. The summed E-state index contributed by atoms with van der Waals surface area (Å²) in [4.78, 5) is 19.7. The molecule has 0 saturated heterocycles. The molecule has 3 rings (SSSR count). The number of nitrogens with zero attached hydrogens (tertiary/aromatic N) is 1. The van der Waals surface area contributed by atoms with Crippen molar-refractivity contribution in [3.8, 4) is 0 Å². The van der Waals surface area contributed by atoms with Crippen molar-refractivity contribution in [2.24, 2.45) is 5.73 Å². The number of aromatic amines is 1. The Balaban J connectivity index is 0.00000110. The normalized spacial score (nSPS) is 16.1. The monoisotopic (exact) mass is 330 g/mol. The van der Waals surface area contributed by atoms with Crippen LogP contribution in [0.4, 0.5) is 5.69 Å². The average Bonchev–Trinajstić information content (AvgIpc) is 2.95. The highest BCUT2D eigenvalue weighted by molar-refractivity contribution is 5.99. The summed E-state index contributed by atoms with van der Waals surface area (Å²) in [5, 5.41) is 2.91. The van der Waals surface area contributed by atoms with Gasteiger partial charge in [0.25, 0.3) is 0 Å². The van der Waals surface area contributed by atoms with E-state index in [2.05, 4.69) is 15.3 Å². The van der Waals surface area contributed by atoms with Crippen molar-refractivity contribution in [1.29, 1.82) is 0 Å². The van der Waals surface area contributed by atoms with Gasteiger partial charge in [0.2, 0.25) is 5.91 Å². The first-order chi connectivity index (χ1) is 9.07. The Morgan fingerprint density at radius 1 is 1.33 bits per heavy atom. The fourth-order valence-electron chi connectivity index (χ4n) is 2.70. The van der Waals surface area contributed by atoms with Crippen molar-refractivity contribution in [1.82, 2.24) is 9.97 Å². The highest BCUT2D eigenvalue weighted by atomic mass is 35.5. The van der Waals surface area contributed by atoms with Gasteiger partial charge < -0.3 is 16.0 Å². The van der Waals surface area contributed by atoms with Gasteiger partial charge in [-0.05, 0) is 38.0 Å². The number of H-pyrrole nitrogens is 1. The van der Waals surface area contributed by atoms with E-state index >= 15 is 0 Å². The number of carbonyl (C=O) groups is 1. The molecule has 0 unspecified atom stereocenters. The molecule has 1 aromatic heterocycles. The first-order valence-corrected chi connectivity index (χ1v) is 6.64. The maximum absolute atomic E-state index is 12.2. The van der Waals surface area contributed by atoms with E-state index in [0.717, 1.165) is 48.2 Å². The summed E-state index contributed by atoms with van der Waals surface area (Å²) in [5.74, 6) is 0.783. The number of halogens is 2. The second-order valence-electron chi connectivity index (χ2n) is 5.37. The van der Waals surface area contributed by atoms with Crippen LogP contribution < -0.4 is 11.1 Å². The number of carbonyl (C=O) groups excluding carboxylic acids is 1. The lowest BCUT2D eigenvalue weighted by Crippen LogP contribution is -2.48. The number of hydrogen-bond donors (Lipinski definition) is 3. The number of rotatable bonds is 2. The van der Waals surface area contributed by atoms with Crippen molar-refractivity contribution < 1.29 is 4.79 Å². The molecule has 1 amide bonds. The summed E-state index contributed by atoms with van der Waals surface area (Å²) in [5.41, 5.74) is 8.03. The van der Waals surface area contributed by atoms with E-state index in [4.69, 9.17) is 5.73 Å². The summed E-state index contributed by atoms with van der Waals surface area (Å²) in [7, 11) is 0. The highest BCUT2D eigenvalue weighted by Gasteiger charge is 2.36. The van der Waals surface area contributed by atoms with Gasteiger partial charge in [-0.2, -0.15) is 0 Å². The number of benzene rings is 1. The molecule has 1 aromatic carbocycles. The van der Waals surface area contributed by atoms with Gasteiger partial charge in [0.15, 0.2) is 0 Å². The van der Waals surface area contributed by atoms with Crippen molar-refractivity contribution in [3.63, 3.8) is 0 Å². The smallest absolute Gasteiger partial charge is 0.244 e. The lowest BCUT2D eigenvalue weighted by Gasteiger charge is -2.22. The minimum atomic E-state index is -0.696. The molecule has 0 aliphatic heterocycles. The van der Waals surface area contributed by atoms with Gasteiger partial charge in [-0.3, -0.25) is 4.79 Å². The number of hydrogen-bond acceptors (Lipinski definition) is 3. The number of fused-ring (bicyclic) bond motifs is 1. The number of imidazole rings is 1. The topological polar surface area (TPSA) is 83.8 Å². The summed E-state index contributed by atoms with van der Waals surface area (Å²) >= 11 is 0. The molecule has 5 nitrogen and oxygen atoms in total. The molecule has 0 spiro atoms. The van der Waals surface area contributed by atoms with E-state index in [1.165, 1.54) is 0 Å². The molecule has 1 aliphatic rings. The van der Waals surface area contributed by atoms with E-state index in [1.54, 1.807) is 0 Å². The van der Waals surface area contributed by atoms with Gasteiger partial charge >= 0.3 is 0 Å². The molecule has 0 atom stereocenters. The summed E-state index contributed by atoms with van der Waals surface area (Å²) in [6, 6.07) is 5.65. The maximum atomic E-state index is 12.2. The van der Waals surface area contributed by atoms with Crippen LogP contribution >= 0.6 is 24.8 Å².